The topological polar surface area (TPSA) is 45.0 Å². The number of nitrogens with one attached hydrogen (secondary N) is 1. The quantitative estimate of drug-likeness (QED) is 0.635. The Morgan fingerprint density at radius 2 is 2.45 bits per heavy atom. The molecule has 1 aliphatic rings. The summed E-state index contributed by atoms with van der Waals surface area (Å²) in [7, 11) is 1.94. The SMILES string of the molecule is CN[C@H]1CC[C@H](CC#N)OC1. The molecule has 1 rings (SSSR count). The summed E-state index contributed by atoms with van der Waals surface area (Å²) in [4.78, 5) is 0. The van der Waals surface area contributed by atoms with Crippen LogP contribution in [0.15, 0.2) is 0 Å². The van der Waals surface area contributed by atoms with Crippen LogP contribution in [0.5, 0.6) is 0 Å². The molecule has 0 aromatic rings. The highest BCUT2D eigenvalue weighted by atomic mass is 16.5. The lowest BCUT2D eigenvalue weighted by Gasteiger charge is -2.27. The summed E-state index contributed by atoms with van der Waals surface area (Å²) in [5.74, 6) is 0. The van der Waals surface area contributed by atoms with Gasteiger partial charge in [0.1, 0.15) is 0 Å². The molecule has 1 N–H and O–H groups in total. The minimum atomic E-state index is 0.185. The molecule has 11 heavy (non-hydrogen) atoms. The average Bonchev–Trinajstić information content (AvgIpc) is 2.07. The molecule has 0 radical (unpaired) electrons. The summed E-state index contributed by atoms with van der Waals surface area (Å²) in [6.07, 6.45) is 2.86. The van der Waals surface area contributed by atoms with Gasteiger partial charge in [0.15, 0.2) is 0 Å². The van der Waals surface area contributed by atoms with Gasteiger partial charge in [-0.25, -0.2) is 0 Å². The molecule has 0 spiro atoms. The Balaban J connectivity index is 2.20. The van der Waals surface area contributed by atoms with Crippen molar-refractivity contribution in [3.8, 4) is 6.07 Å². The number of likely N-dealkylation sites (N-methyl/N-ethyl adjacent to an activating group) is 1. The number of hydrogen-bond donors (Lipinski definition) is 1. The zero-order valence-corrected chi connectivity index (χ0v) is 6.84. The van der Waals surface area contributed by atoms with Crippen molar-refractivity contribution < 1.29 is 4.74 Å². The van der Waals surface area contributed by atoms with Crippen molar-refractivity contribution in [3.63, 3.8) is 0 Å². The highest BCUT2D eigenvalue weighted by Gasteiger charge is 2.19. The maximum absolute atomic E-state index is 8.40. The molecule has 0 aromatic heterocycles. The number of ether oxygens (including phenoxy) is 1. The van der Waals surface area contributed by atoms with Gasteiger partial charge in [0.25, 0.3) is 0 Å². The van der Waals surface area contributed by atoms with Gasteiger partial charge in [-0.05, 0) is 19.9 Å². The van der Waals surface area contributed by atoms with Crippen molar-refractivity contribution >= 4 is 0 Å². The van der Waals surface area contributed by atoms with E-state index in [9.17, 15) is 0 Å². The molecule has 0 bridgehead atoms. The van der Waals surface area contributed by atoms with Crippen molar-refractivity contribution in [2.45, 2.75) is 31.4 Å². The molecule has 62 valence electrons. The van der Waals surface area contributed by atoms with Crippen molar-refractivity contribution in [3.05, 3.63) is 0 Å². The number of nitrogens with zero attached hydrogens (tertiary/aromatic N) is 1. The van der Waals surface area contributed by atoms with Gasteiger partial charge in [0.05, 0.1) is 25.2 Å². The van der Waals surface area contributed by atoms with E-state index in [1.807, 2.05) is 7.05 Å². The molecule has 0 saturated carbocycles. The number of nitriles is 1. The zero-order valence-electron chi connectivity index (χ0n) is 6.84. The first-order valence-corrected chi connectivity index (χ1v) is 4.02. The Labute approximate surface area is 67.3 Å². The Bertz CT molecular complexity index is 145. The van der Waals surface area contributed by atoms with Crippen LogP contribution in [0.3, 0.4) is 0 Å². The molecule has 2 atom stereocenters. The van der Waals surface area contributed by atoms with E-state index in [4.69, 9.17) is 10.00 Å². The summed E-state index contributed by atoms with van der Waals surface area (Å²) < 4.78 is 5.44. The van der Waals surface area contributed by atoms with Crippen molar-refractivity contribution in [1.29, 1.82) is 5.26 Å². The molecular formula is C8H14N2O. The van der Waals surface area contributed by atoms with Gasteiger partial charge in [-0.2, -0.15) is 5.26 Å². The number of rotatable bonds is 2. The molecule has 3 heteroatoms. The third-order valence-electron chi connectivity index (χ3n) is 2.10. The molecule has 1 saturated heterocycles. The van der Waals surface area contributed by atoms with E-state index in [1.165, 1.54) is 0 Å². The highest BCUT2D eigenvalue weighted by molar-refractivity contribution is 4.81. The molecule has 1 heterocycles. The van der Waals surface area contributed by atoms with Crippen molar-refractivity contribution in [2.24, 2.45) is 0 Å². The Hall–Kier alpha value is -0.590. The highest BCUT2D eigenvalue weighted by Crippen LogP contribution is 2.15. The second kappa shape index (κ2) is 4.32. The molecule has 0 amide bonds. The van der Waals surface area contributed by atoms with Gasteiger partial charge in [0.2, 0.25) is 0 Å². The Morgan fingerprint density at radius 1 is 1.64 bits per heavy atom. The van der Waals surface area contributed by atoms with E-state index in [2.05, 4.69) is 11.4 Å². The fourth-order valence-electron chi connectivity index (χ4n) is 1.30. The van der Waals surface area contributed by atoms with Gasteiger partial charge in [-0.3, -0.25) is 0 Å². The predicted octanol–water partition coefficient (Wildman–Crippen LogP) is 0.667. The van der Waals surface area contributed by atoms with Gasteiger partial charge >= 0.3 is 0 Å². The minimum absolute atomic E-state index is 0.185. The molecule has 1 aliphatic heterocycles. The third-order valence-corrected chi connectivity index (χ3v) is 2.10. The third kappa shape index (κ3) is 2.49. The lowest BCUT2D eigenvalue weighted by Crippen LogP contribution is -2.37. The van der Waals surface area contributed by atoms with Crippen LogP contribution in [0.25, 0.3) is 0 Å². The second-order valence-electron chi connectivity index (χ2n) is 2.88. The van der Waals surface area contributed by atoms with E-state index in [0.717, 1.165) is 19.4 Å². The van der Waals surface area contributed by atoms with Crippen molar-refractivity contribution in [2.75, 3.05) is 13.7 Å². The van der Waals surface area contributed by atoms with Crippen LogP contribution < -0.4 is 5.32 Å². The van der Waals surface area contributed by atoms with E-state index in [-0.39, 0.29) is 6.10 Å². The molecule has 0 unspecified atom stereocenters. The molecule has 1 fully saturated rings. The Morgan fingerprint density at radius 3 is 2.91 bits per heavy atom. The summed E-state index contributed by atoms with van der Waals surface area (Å²) in [6.45, 7) is 0.753. The summed E-state index contributed by atoms with van der Waals surface area (Å²) in [6, 6.07) is 2.62. The van der Waals surface area contributed by atoms with Crippen LogP contribution in [0.4, 0.5) is 0 Å². The van der Waals surface area contributed by atoms with Crippen LogP contribution in [-0.2, 0) is 4.74 Å². The summed E-state index contributed by atoms with van der Waals surface area (Å²) in [5, 5.41) is 11.6. The van der Waals surface area contributed by atoms with Crippen molar-refractivity contribution in [1.82, 2.24) is 5.32 Å². The van der Waals surface area contributed by atoms with Gasteiger partial charge in [-0.15, -0.1) is 0 Å². The first kappa shape index (κ1) is 8.51. The first-order chi connectivity index (χ1) is 5.36. The van der Waals surface area contributed by atoms with E-state index >= 15 is 0 Å². The molecule has 0 aromatic carbocycles. The lowest BCUT2D eigenvalue weighted by molar-refractivity contribution is 0.00215. The van der Waals surface area contributed by atoms with Crippen LogP contribution in [-0.4, -0.2) is 25.8 Å². The zero-order chi connectivity index (χ0) is 8.10. The van der Waals surface area contributed by atoms with Gasteiger partial charge in [-0.1, -0.05) is 0 Å². The van der Waals surface area contributed by atoms with Crippen LogP contribution in [0.1, 0.15) is 19.3 Å². The van der Waals surface area contributed by atoms with E-state index in [0.29, 0.717) is 12.5 Å². The number of hydrogen-bond acceptors (Lipinski definition) is 3. The predicted molar refractivity (Wildman–Crippen MR) is 42.1 cm³/mol. The maximum Gasteiger partial charge on any atom is 0.0706 e. The van der Waals surface area contributed by atoms with E-state index in [1.54, 1.807) is 0 Å². The van der Waals surface area contributed by atoms with Crippen LogP contribution >= 0.6 is 0 Å². The first-order valence-electron chi connectivity index (χ1n) is 4.02. The Kier molecular flexibility index (Phi) is 3.34. The van der Waals surface area contributed by atoms with Crippen LogP contribution in [0, 0.1) is 11.3 Å². The molecule has 3 nitrogen and oxygen atoms in total. The maximum atomic E-state index is 8.40. The minimum Gasteiger partial charge on any atom is -0.376 e. The monoisotopic (exact) mass is 154 g/mol. The average molecular weight is 154 g/mol. The molecule has 0 aliphatic carbocycles. The van der Waals surface area contributed by atoms with Crippen LogP contribution in [0.2, 0.25) is 0 Å². The summed E-state index contributed by atoms with van der Waals surface area (Å²) >= 11 is 0. The molecular weight excluding hydrogens is 140 g/mol. The second-order valence-corrected chi connectivity index (χ2v) is 2.88. The normalized spacial score (nSPS) is 31.3. The smallest absolute Gasteiger partial charge is 0.0706 e. The van der Waals surface area contributed by atoms with E-state index < -0.39 is 0 Å². The van der Waals surface area contributed by atoms with Gasteiger partial charge in [0, 0.05) is 6.04 Å². The fourth-order valence-corrected chi connectivity index (χ4v) is 1.30. The fraction of sp³-hybridized carbons (Fsp3) is 0.875. The standard InChI is InChI=1S/C8H14N2O/c1-10-7-2-3-8(4-5-9)11-6-7/h7-8,10H,2-4,6H2,1H3/t7-,8+/m0/s1. The lowest BCUT2D eigenvalue weighted by atomic mass is 10.0. The van der Waals surface area contributed by atoms with Gasteiger partial charge < -0.3 is 10.1 Å². The largest absolute Gasteiger partial charge is 0.376 e. The summed E-state index contributed by atoms with van der Waals surface area (Å²) in [5.41, 5.74) is 0.